The van der Waals surface area contributed by atoms with E-state index in [-0.39, 0.29) is 5.91 Å². The van der Waals surface area contributed by atoms with Crippen molar-refractivity contribution >= 4 is 11.6 Å². The van der Waals surface area contributed by atoms with Gasteiger partial charge in [-0.3, -0.25) is 4.79 Å². The summed E-state index contributed by atoms with van der Waals surface area (Å²) in [5, 5.41) is 3.09. The average molecular weight is 334 g/mol. The molecule has 0 radical (unpaired) electrons. The summed E-state index contributed by atoms with van der Waals surface area (Å²) in [7, 11) is 0. The number of carbonyl (C=O) groups excluding carboxylic acids is 1. The van der Waals surface area contributed by atoms with Crippen molar-refractivity contribution in [3.05, 3.63) is 64.7 Å². The number of amides is 1. The molecule has 2 aliphatic rings. The Morgan fingerprint density at radius 3 is 2.72 bits per heavy atom. The summed E-state index contributed by atoms with van der Waals surface area (Å²) in [5.41, 5.74) is 6.42. The van der Waals surface area contributed by atoms with Crippen molar-refractivity contribution in [2.45, 2.75) is 38.5 Å². The van der Waals surface area contributed by atoms with Crippen LogP contribution in [-0.4, -0.2) is 25.5 Å². The molecule has 0 bridgehead atoms. The van der Waals surface area contributed by atoms with Gasteiger partial charge in [0, 0.05) is 30.9 Å². The summed E-state index contributed by atoms with van der Waals surface area (Å²) >= 11 is 0. The van der Waals surface area contributed by atoms with Gasteiger partial charge in [0.05, 0.1) is 0 Å². The number of nitrogens with one attached hydrogen (secondary N) is 1. The lowest BCUT2D eigenvalue weighted by Gasteiger charge is -2.19. The number of fused-ring (bicyclic) bond motifs is 2. The third-order valence-corrected chi connectivity index (χ3v) is 5.48. The maximum absolute atomic E-state index is 12.4. The van der Waals surface area contributed by atoms with Gasteiger partial charge in [0.1, 0.15) is 0 Å². The molecule has 4 rings (SSSR count). The monoisotopic (exact) mass is 334 g/mol. The van der Waals surface area contributed by atoms with E-state index < -0.39 is 0 Å². The third-order valence-electron chi connectivity index (χ3n) is 5.48. The lowest BCUT2D eigenvalue weighted by molar-refractivity contribution is 0.0953. The van der Waals surface area contributed by atoms with Crippen molar-refractivity contribution in [1.82, 2.24) is 5.32 Å². The first-order chi connectivity index (χ1) is 12.3. The quantitative estimate of drug-likeness (QED) is 0.845. The zero-order chi connectivity index (χ0) is 17.1. The van der Waals surface area contributed by atoms with Gasteiger partial charge in [-0.15, -0.1) is 0 Å². The number of hydrogen-bond donors (Lipinski definition) is 1. The van der Waals surface area contributed by atoms with E-state index in [1.165, 1.54) is 35.2 Å². The van der Waals surface area contributed by atoms with Crippen LogP contribution in [0.15, 0.2) is 42.5 Å². The maximum atomic E-state index is 12.4. The second-order valence-electron chi connectivity index (χ2n) is 7.17. The highest BCUT2D eigenvalue weighted by molar-refractivity contribution is 5.94. The Morgan fingerprint density at radius 2 is 1.80 bits per heavy atom. The fourth-order valence-corrected chi connectivity index (χ4v) is 4.09. The van der Waals surface area contributed by atoms with Crippen LogP contribution in [-0.2, 0) is 19.3 Å². The molecule has 0 saturated heterocycles. The average Bonchev–Trinajstić information content (AvgIpc) is 3.08. The summed E-state index contributed by atoms with van der Waals surface area (Å²) < 4.78 is 0. The Labute approximate surface area is 150 Å². The van der Waals surface area contributed by atoms with Crippen LogP contribution < -0.4 is 10.2 Å². The number of hydrogen-bond acceptors (Lipinski definition) is 2. The fraction of sp³-hybridized carbons (Fsp3) is 0.409. The van der Waals surface area contributed by atoms with Crippen LogP contribution in [0.5, 0.6) is 0 Å². The Hall–Kier alpha value is -2.29. The molecule has 3 nitrogen and oxygen atoms in total. The lowest BCUT2D eigenvalue weighted by Crippen LogP contribution is -2.29. The number of aryl methyl sites for hydroxylation is 2. The standard InChI is InChI=1S/C22H26N2O/c25-22(20-11-10-17-6-1-2-8-19(17)16-20)23-13-5-14-24-15-12-18-7-3-4-9-21(18)24/h3-4,7,9-11,16H,1-2,5-6,8,12-15H2,(H,23,25). The van der Waals surface area contributed by atoms with E-state index >= 15 is 0 Å². The van der Waals surface area contributed by atoms with E-state index in [9.17, 15) is 4.79 Å². The molecule has 1 aliphatic heterocycles. The van der Waals surface area contributed by atoms with E-state index in [1.807, 2.05) is 6.07 Å². The molecule has 2 aromatic rings. The number of nitrogens with zero attached hydrogens (tertiary/aromatic N) is 1. The van der Waals surface area contributed by atoms with Gasteiger partial charge in [0.15, 0.2) is 0 Å². The third kappa shape index (κ3) is 3.55. The van der Waals surface area contributed by atoms with Crippen LogP contribution in [0.1, 0.15) is 46.3 Å². The van der Waals surface area contributed by atoms with Crippen molar-refractivity contribution in [3.63, 3.8) is 0 Å². The second kappa shape index (κ2) is 7.30. The zero-order valence-electron chi connectivity index (χ0n) is 14.8. The minimum Gasteiger partial charge on any atom is -0.371 e. The van der Waals surface area contributed by atoms with Gasteiger partial charge in [-0.1, -0.05) is 24.3 Å². The molecule has 0 saturated carbocycles. The molecule has 0 fully saturated rings. The Balaban J connectivity index is 1.27. The van der Waals surface area contributed by atoms with Crippen LogP contribution >= 0.6 is 0 Å². The number of anilines is 1. The molecule has 25 heavy (non-hydrogen) atoms. The van der Waals surface area contributed by atoms with Gasteiger partial charge in [-0.2, -0.15) is 0 Å². The van der Waals surface area contributed by atoms with E-state index in [0.717, 1.165) is 50.9 Å². The predicted octanol–water partition coefficient (Wildman–Crippen LogP) is 3.75. The van der Waals surface area contributed by atoms with E-state index in [2.05, 4.69) is 46.6 Å². The van der Waals surface area contributed by atoms with Gasteiger partial charge in [-0.05, 0) is 73.4 Å². The highest BCUT2D eigenvalue weighted by Crippen LogP contribution is 2.27. The predicted molar refractivity (Wildman–Crippen MR) is 102 cm³/mol. The van der Waals surface area contributed by atoms with Gasteiger partial charge < -0.3 is 10.2 Å². The first kappa shape index (κ1) is 16.2. The molecular weight excluding hydrogens is 308 g/mol. The number of rotatable bonds is 5. The topological polar surface area (TPSA) is 32.3 Å². The van der Waals surface area contributed by atoms with Crippen LogP contribution in [0.4, 0.5) is 5.69 Å². The summed E-state index contributed by atoms with van der Waals surface area (Å²) in [6.45, 7) is 2.83. The van der Waals surface area contributed by atoms with Crippen LogP contribution in [0.3, 0.4) is 0 Å². The Kier molecular flexibility index (Phi) is 4.73. The molecule has 3 heteroatoms. The van der Waals surface area contributed by atoms with E-state index in [1.54, 1.807) is 0 Å². The fourth-order valence-electron chi connectivity index (χ4n) is 4.09. The molecule has 0 spiro atoms. The van der Waals surface area contributed by atoms with Gasteiger partial charge in [0.25, 0.3) is 5.91 Å². The summed E-state index contributed by atoms with van der Waals surface area (Å²) in [6.07, 6.45) is 6.91. The number of para-hydroxylation sites is 1. The first-order valence-electron chi connectivity index (χ1n) is 9.54. The molecule has 0 atom stereocenters. The minimum atomic E-state index is 0.0650. The highest BCUT2D eigenvalue weighted by atomic mass is 16.1. The van der Waals surface area contributed by atoms with Gasteiger partial charge >= 0.3 is 0 Å². The Bertz CT molecular complexity index is 768. The number of carbonyl (C=O) groups is 1. The molecule has 1 heterocycles. The molecule has 0 aromatic heterocycles. The smallest absolute Gasteiger partial charge is 0.251 e. The summed E-state index contributed by atoms with van der Waals surface area (Å²) in [4.78, 5) is 14.8. The molecule has 2 aromatic carbocycles. The second-order valence-corrected chi connectivity index (χ2v) is 7.17. The number of benzene rings is 2. The van der Waals surface area contributed by atoms with Crippen LogP contribution in [0.25, 0.3) is 0 Å². The molecule has 1 aliphatic carbocycles. The van der Waals surface area contributed by atoms with Gasteiger partial charge in [-0.25, -0.2) is 0 Å². The zero-order valence-corrected chi connectivity index (χ0v) is 14.8. The molecule has 1 N–H and O–H groups in total. The lowest BCUT2D eigenvalue weighted by atomic mass is 9.90. The molecule has 130 valence electrons. The van der Waals surface area contributed by atoms with Gasteiger partial charge in [0.2, 0.25) is 0 Å². The van der Waals surface area contributed by atoms with Crippen molar-refractivity contribution in [1.29, 1.82) is 0 Å². The molecule has 1 amide bonds. The Morgan fingerprint density at radius 1 is 0.960 bits per heavy atom. The maximum Gasteiger partial charge on any atom is 0.251 e. The molecular formula is C22H26N2O. The SMILES string of the molecule is O=C(NCCCN1CCc2ccccc21)c1ccc2c(c1)CCCC2. The van der Waals surface area contributed by atoms with Crippen LogP contribution in [0, 0.1) is 0 Å². The highest BCUT2D eigenvalue weighted by Gasteiger charge is 2.17. The summed E-state index contributed by atoms with van der Waals surface area (Å²) in [6, 6.07) is 14.9. The van der Waals surface area contributed by atoms with E-state index in [4.69, 9.17) is 0 Å². The largest absolute Gasteiger partial charge is 0.371 e. The van der Waals surface area contributed by atoms with Crippen molar-refractivity contribution in [2.75, 3.05) is 24.5 Å². The van der Waals surface area contributed by atoms with Crippen molar-refractivity contribution < 1.29 is 4.79 Å². The van der Waals surface area contributed by atoms with Crippen LogP contribution in [0.2, 0.25) is 0 Å². The van der Waals surface area contributed by atoms with Crippen molar-refractivity contribution in [2.24, 2.45) is 0 Å². The van der Waals surface area contributed by atoms with Crippen molar-refractivity contribution in [3.8, 4) is 0 Å². The first-order valence-corrected chi connectivity index (χ1v) is 9.54. The molecule has 0 unspecified atom stereocenters. The summed E-state index contributed by atoms with van der Waals surface area (Å²) in [5.74, 6) is 0.0650. The minimum absolute atomic E-state index is 0.0650. The normalized spacial score (nSPS) is 15.6. The van der Waals surface area contributed by atoms with E-state index in [0.29, 0.717) is 0 Å².